The Balaban J connectivity index is 1.80. The van der Waals surface area contributed by atoms with Gasteiger partial charge in [-0.1, -0.05) is 19.3 Å². The fourth-order valence-corrected chi connectivity index (χ4v) is 4.76. The molecule has 1 saturated carbocycles. The molecule has 1 fully saturated rings. The predicted molar refractivity (Wildman–Crippen MR) is 128 cm³/mol. The quantitative estimate of drug-likeness (QED) is 0.478. The maximum atomic E-state index is 11.7. The van der Waals surface area contributed by atoms with Gasteiger partial charge in [0.2, 0.25) is 4.80 Å². The summed E-state index contributed by atoms with van der Waals surface area (Å²) in [5.74, 6) is -0.469. The minimum Gasteiger partial charge on any atom is -0.507 e. The standard InChI is InChI=1S/C24H26N4O4S/c1-32-22-11-15(7-9-21(22)30)13-26-28-19(16-8-10-20(29)18(12-16)23(25)31)14-33-24(28)27-17-5-3-2-4-6-17/h7-14,17,29-30H,2-6H2,1H3,(H2,25,31). The Bertz CT molecular complexity index is 1260. The van der Waals surface area contributed by atoms with Gasteiger partial charge < -0.3 is 20.7 Å². The van der Waals surface area contributed by atoms with Crippen LogP contribution in [-0.2, 0) is 0 Å². The number of aromatic nitrogens is 1. The number of carbonyl (C=O) groups excluding carboxylic acids is 1. The van der Waals surface area contributed by atoms with Crippen molar-refractivity contribution in [3.8, 4) is 28.5 Å². The lowest BCUT2D eigenvalue weighted by Crippen LogP contribution is -2.19. The number of benzene rings is 2. The molecule has 4 rings (SSSR count). The summed E-state index contributed by atoms with van der Waals surface area (Å²) in [6.45, 7) is 0. The van der Waals surface area contributed by atoms with Crippen molar-refractivity contribution >= 4 is 23.5 Å². The van der Waals surface area contributed by atoms with Crippen molar-refractivity contribution in [2.45, 2.75) is 38.1 Å². The van der Waals surface area contributed by atoms with Crippen LogP contribution >= 0.6 is 11.3 Å². The van der Waals surface area contributed by atoms with Crippen LogP contribution in [0.3, 0.4) is 0 Å². The predicted octanol–water partition coefficient (Wildman–Crippen LogP) is 3.85. The molecule has 1 heterocycles. The van der Waals surface area contributed by atoms with Crippen LogP contribution in [0.1, 0.15) is 48.0 Å². The van der Waals surface area contributed by atoms with Crippen LogP contribution in [-0.4, -0.2) is 40.2 Å². The number of ether oxygens (including phenoxy) is 1. The number of hydrogen-bond acceptors (Lipinski definition) is 7. The van der Waals surface area contributed by atoms with Gasteiger partial charge in [-0.2, -0.15) is 5.10 Å². The van der Waals surface area contributed by atoms with Gasteiger partial charge in [-0.25, -0.2) is 4.68 Å². The smallest absolute Gasteiger partial charge is 0.252 e. The highest BCUT2D eigenvalue weighted by atomic mass is 32.1. The first kappa shape index (κ1) is 22.6. The summed E-state index contributed by atoms with van der Waals surface area (Å²) >= 11 is 1.47. The lowest BCUT2D eigenvalue weighted by molar-refractivity contribution is 0.0998. The van der Waals surface area contributed by atoms with Gasteiger partial charge in [0, 0.05) is 10.9 Å². The van der Waals surface area contributed by atoms with Crippen molar-refractivity contribution in [2.24, 2.45) is 15.8 Å². The topological polar surface area (TPSA) is 122 Å². The molecular formula is C24H26N4O4S. The molecule has 0 spiro atoms. The minimum absolute atomic E-state index is 0.0447. The van der Waals surface area contributed by atoms with Crippen molar-refractivity contribution in [1.82, 2.24) is 4.68 Å². The minimum atomic E-state index is -0.706. The number of primary amides is 1. The Kier molecular flexibility index (Phi) is 6.79. The third-order valence-corrected chi connectivity index (χ3v) is 6.47. The van der Waals surface area contributed by atoms with Gasteiger partial charge in [0.05, 0.1) is 30.6 Å². The summed E-state index contributed by atoms with van der Waals surface area (Å²) in [5, 5.41) is 26.4. The number of hydrogen-bond donors (Lipinski definition) is 3. The summed E-state index contributed by atoms with van der Waals surface area (Å²) in [7, 11) is 1.49. The second kappa shape index (κ2) is 9.91. The van der Waals surface area contributed by atoms with E-state index in [-0.39, 0.29) is 23.1 Å². The number of phenols is 2. The van der Waals surface area contributed by atoms with E-state index in [0.717, 1.165) is 28.9 Å². The van der Waals surface area contributed by atoms with Gasteiger partial charge in [0.1, 0.15) is 5.75 Å². The first-order valence-corrected chi connectivity index (χ1v) is 11.6. The Morgan fingerprint density at radius 2 is 1.91 bits per heavy atom. The highest BCUT2D eigenvalue weighted by Gasteiger charge is 2.16. The molecule has 33 heavy (non-hydrogen) atoms. The first-order valence-electron chi connectivity index (χ1n) is 10.7. The SMILES string of the molecule is COc1cc(C=Nn2c(-c3ccc(O)c(C(N)=O)c3)csc2=NC2CCCCC2)ccc1O. The average molecular weight is 467 g/mol. The zero-order valence-electron chi connectivity index (χ0n) is 18.3. The number of methoxy groups -OCH3 is 1. The fraction of sp³-hybridized carbons (Fsp3) is 0.292. The van der Waals surface area contributed by atoms with Gasteiger partial charge >= 0.3 is 0 Å². The number of thiazole rings is 1. The molecule has 0 radical (unpaired) electrons. The molecule has 0 atom stereocenters. The van der Waals surface area contributed by atoms with Gasteiger partial charge in [-0.3, -0.25) is 9.79 Å². The molecular weight excluding hydrogens is 440 g/mol. The molecule has 0 saturated heterocycles. The zero-order chi connectivity index (χ0) is 23.4. The lowest BCUT2D eigenvalue weighted by atomic mass is 9.96. The number of aromatic hydroxyl groups is 2. The second-order valence-electron chi connectivity index (χ2n) is 7.91. The summed E-state index contributed by atoms with van der Waals surface area (Å²) in [6, 6.07) is 9.94. The van der Waals surface area contributed by atoms with Gasteiger partial charge in [0.15, 0.2) is 11.5 Å². The maximum Gasteiger partial charge on any atom is 0.252 e. The zero-order valence-corrected chi connectivity index (χ0v) is 19.1. The Morgan fingerprint density at radius 3 is 2.64 bits per heavy atom. The van der Waals surface area contributed by atoms with E-state index in [9.17, 15) is 15.0 Å². The van der Waals surface area contributed by atoms with E-state index in [1.165, 1.54) is 43.8 Å². The van der Waals surface area contributed by atoms with Gasteiger partial charge in [0.25, 0.3) is 5.91 Å². The molecule has 8 nitrogen and oxygen atoms in total. The molecule has 1 aromatic heterocycles. The van der Waals surface area contributed by atoms with Crippen molar-refractivity contribution in [2.75, 3.05) is 7.11 Å². The van der Waals surface area contributed by atoms with E-state index >= 15 is 0 Å². The van der Waals surface area contributed by atoms with E-state index in [2.05, 4.69) is 5.10 Å². The molecule has 9 heteroatoms. The van der Waals surface area contributed by atoms with E-state index < -0.39 is 5.91 Å². The lowest BCUT2D eigenvalue weighted by Gasteiger charge is -2.16. The number of nitrogens with two attached hydrogens (primary N) is 1. The molecule has 1 amide bonds. The normalized spacial score (nSPS) is 15.2. The van der Waals surface area contributed by atoms with E-state index in [1.54, 1.807) is 41.2 Å². The van der Waals surface area contributed by atoms with Crippen LogP contribution in [0.15, 0.2) is 51.9 Å². The molecule has 0 unspecified atom stereocenters. The molecule has 172 valence electrons. The maximum absolute atomic E-state index is 11.7. The summed E-state index contributed by atoms with van der Waals surface area (Å²) in [4.78, 5) is 17.4. The molecule has 1 aliphatic carbocycles. The van der Waals surface area contributed by atoms with Crippen LogP contribution < -0.4 is 15.3 Å². The molecule has 1 aliphatic rings. The van der Waals surface area contributed by atoms with Crippen molar-refractivity contribution < 1.29 is 19.7 Å². The number of phenolic OH excluding ortho intramolecular Hbond substituents is 1. The number of rotatable bonds is 6. The average Bonchev–Trinajstić information content (AvgIpc) is 3.21. The van der Waals surface area contributed by atoms with Crippen molar-refractivity contribution in [3.05, 3.63) is 57.7 Å². The molecule has 4 N–H and O–H groups in total. The van der Waals surface area contributed by atoms with Crippen LogP contribution in [0.5, 0.6) is 17.2 Å². The van der Waals surface area contributed by atoms with E-state index in [4.69, 9.17) is 15.5 Å². The molecule has 3 aromatic rings. The Morgan fingerprint density at radius 1 is 1.15 bits per heavy atom. The second-order valence-corrected chi connectivity index (χ2v) is 8.74. The molecule has 2 aromatic carbocycles. The van der Waals surface area contributed by atoms with Crippen LogP contribution in [0.25, 0.3) is 11.3 Å². The van der Waals surface area contributed by atoms with Crippen LogP contribution in [0.2, 0.25) is 0 Å². The van der Waals surface area contributed by atoms with E-state index in [1.807, 2.05) is 5.38 Å². The number of nitrogens with zero attached hydrogens (tertiary/aromatic N) is 3. The van der Waals surface area contributed by atoms with Crippen molar-refractivity contribution in [3.63, 3.8) is 0 Å². The monoisotopic (exact) mass is 466 g/mol. The third-order valence-electron chi connectivity index (χ3n) is 5.64. The van der Waals surface area contributed by atoms with Gasteiger partial charge in [-0.05, 0) is 54.8 Å². The van der Waals surface area contributed by atoms with E-state index in [0.29, 0.717) is 11.3 Å². The van der Waals surface area contributed by atoms with Crippen LogP contribution in [0, 0.1) is 0 Å². The highest BCUT2D eigenvalue weighted by Crippen LogP contribution is 2.28. The fourth-order valence-electron chi connectivity index (χ4n) is 3.86. The molecule has 0 bridgehead atoms. The number of carbonyl (C=O) groups is 1. The summed E-state index contributed by atoms with van der Waals surface area (Å²) < 4.78 is 6.92. The summed E-state index contributed by atoms with van der Waals surface area (Å²) in [5.41, 5.74) is 7.61. The van der Waals surface area contributed by atoms with Crippen LogP contribution in [0.4, 0.5) is 0 Å². The molecule has 0 aliphatic heterocycles. The summed E-state index contributed by atoms with van der Waals surface area (Å²) in [6.07, 6.45) is 7.35. The Hall–Kier alpha value is -3.59. The first-order chi connectivity index (χ1) is 16.0. The largest absolute Gasteiger partial charge is 0.507 e. The van der Waals surface area contributed by atoms with Crippen molar-refractivity contribution in [1.29, 1.82) is 0 Å². The van der Waals surface area contributed by atoms with Gasteiger partial charge in [-0.15, -0.1) is 11.3 Å². The highest BCUT2D eigenvalue weighted by molar-refractivity contribution is 7.07. The third kappa shape index (κ3) is 5.09. The Labute approximate surface area is 195 Å². The number of amides is 1.